The van der Waals surface area contributed by atoms with Crippen molar-refractivity contribution in [1.29, 1.82) is 0 Å². The number of hydrogen-bond acceptors (Lipinski definition) is 5. The van der Waals surface area contributed by atoms with Crippen molar-refractivity contribution in [2.75, 3.05) is 0 Å². The third kappa shape index (κ3) is 2.18. The third-order valence-corrected chi connectivity index (χ3v) is 2.83. The first-order chi connectivity index (χ1) is 9.45. The normalized spacial score (nSPS) is 10.4. The summed E-state index contributed by atoms with van der Waals surface area (Å²) in [7, 11) is 0. The maximum Gasteiger partial charge on any atom is 0.335 e. The van der Waals surface area contributed by atoms with Crippen molar-refractivity contribution in [2.45, 2.75) is 13.3 Å². The van der Waals surface area contributed by atoms with E-state index in [9.17, 15) is 24.8 Å². The lowest BCUT2D eigenvalue weighted by atomic mass is 10.2. The van der Waals surface area contributed by atoms with E-state index < -0.39 is 22.1 Å². The lowest BCUT2D eigenvalue weighted by Gasteiger charge is -2.10. The number of rotatable bonds is 3. The molecule has 8 nitrogen and oxygen atoms in total. The zero-order chi connectivity index (χ0) is 14.9. The van der Waals surface area contributed by atoms with Gasteiger partial charge in [0.05, 0.1) is 16.2 Å². The van der Waals surface area contributed by atoms with E-state index in [1.807, 2.05) is 0 Å². The molecule has 0 aliphatic rings. The van der Waals surface area contributed by atoms with Gasteiger partial charge in [-0.3, -0.25) is 19.9 Å². The minimum atomic E-state index is -0.856. The van der Waals surface area contributed by atoms with Crippen LogP contribution in [0, 0.1) is 10.1 Å². The van der Waals surface area contributed by atoms with Crippen molar-refractivity contribution < 1.29 is 10.0 Å². The Morgan fingerprint density at radius 3 is 2.70 bits per heavy atom. The first-order valence-corrected chi connectivity index (χ1v) is 5.77. The fourth-order valence-corrected chi connectivity index (χ4v) is 1.87. The Morgan fingerprint density at radius 1 is 1.40 bits per heavy atom. The molecule has 0 spiro atoms. The van der Waals surface area contributed by atoms with Crippen LogP contribution >= 0.6 is 0 Å². The highest BCUT2D eigenvalue weighted by Gasteiger charge is 2.15. The first-order valence-electron chi connectivity index (χ1n) is 5.77. The third-order valence-electron chi connectivity index (χ3n) is 2.83. The topological polar surface area (TPSA) is 118 Å². The SMILES string of the molecule is CCc1c(O)n(-c2cccc([N+](=O)[O-])c2)c(=O)[nH]c1=O. The summed E-state index contributed by atoms with van der Waals surface area (Å²) in [4.78, 5) is 35.5. The summed E-state index contributed by atoms with van der Waals surface area (Å²) in [6.07, 6.45) is 0.219. The molecule has 0 saturated heterocycles. The molecule has 0 saturated carbocycles. The van der Waals surface area contributed by atoms with Crippen molar-refractivity contribution in [3.8, 4) is 11.6 Å². The Bertz CT molecular complexity index is 790. The predicted molar refractivity (Wildman–Crippen MR) is 70.4 cm³/mol. The summed E-state index contributed by atoms with van der Waals surface area (Å²) in [5.41, 5.74) is -1.61. The number of aromatic hydroxyl groups is 1. The van der Waals surface area contributed by atoms with Gasteiger partial charge < -0.3 is 5.11 Å². The van der Waals surface area contributed by atoms with Gasteiger partial charge >= 0.3 is 5.69 Å². The quantitative estimate of drug-likeness (QED) is 0.632. The van der Waals surface area contributed by atoms with Gasteiger partial charge in [0.25, 0.3) is 11.2 Å². The van der Waals surface area contributed by atoms with Crippen LogP contribution in [0.4, 0.5) is 5.69 Å². The summed E-state index contributed by atoms with van der Waals surface area (Å²) in [5.74, 6) is -0.512. The van der Waals surface area contributed by atoms with E-state index in [0.717, 1.165) is 10.6 Å². The fraction of sp³-hybridized carbons (Fsp3) is 0.167. The van der Waals surface area contributed by atoms with E-state index in [-0.39, 0.29) is 23.4 Å². The highest BCUT2D eigenvalue weighted by molar-refractivity contribution is 5.45. The summed E-state index contributed by atoms with van der Waals surface area (Å²) in [6.45, 7) is 1.65. The van der Waals surface area contributed by atoms with E-state index in [4.69, 9.17) is 0 Å². The van der Waals surface area contributed by atoms with Crippen LogP contribution in [0.5, 0.6) is 5.88 Å². The number of nitrogens with zero attached hydrogens (tertiary/aromatic N) is 2. The van der Waals surface area contributed by atoms with E-state index >= 15 is 0 Å². The smallest absolute Gasteiger partial charge is 0.335 e. The number of benzene rings is 1. The minimum Gasteiger partial charge on any atom is -0.494 e. The highest BCUT2D eigenvalue weighted by Crippen LogP contribution is 2.20. The molecular weight excluding hydrogens is 266 g/mol. The second kappa shape index (κ2) is 5.00. The zero-order valence-electron chi connectivity index (χ0n) is 10.5. The molecule has 1 aromatic heterocycles. The Hall–Kier alpha value is -2.90. The average molecular weight is 277 g/mol. The molecule has 104 valence electrons. The number of aromatic amines is 1. The first kappa shape index (κ1) is 13.5. The van der Waals surface area contributed by atoms with Gasteiger partial charge in [-0.1, -0.05) is 13.0 Å². The Balaban J connectivity index is 2.76. The lowest BCUT2D eigenvalue weighted by Crippen LogP contribution is -2.31. The zero-order valence-corrected chi connectivity index (χ0v) is 10.5. The Morgan fingerprint density at radius 2 is 2.10 bits per heavy atom. The number of nitrogens with one attached hydrogen (secondary N) is 1. The minimum absolute atomic E-state index is 0.0381. The van der Waals surface area contributed by atoms with Crippen LogP contribution in [0.15, 0.2) is 33.9 Å². The van der Waals surface area contributed by atoms with Crippen LogP contribution < -0.4 is 11.2 Å². The molecule has 1 heterocycles. The van der Waals surface area contributed by atoms with Gasteiger partial charge in [-0.15, -0.1) is 0 Å². The van der Waals surface area contributed by atoms with Gasteiger partial charge in [0.1, 0.15) is 0 Å². The molecule has 2 aromatic rings. The van der Waals surface area contributed by atoms with E-state index in [2.05, 4.69) is 4.98 Å². The monoisotopic (exact) mass is 277 g/mol. The van der Waals surface area contributed by atoms with Crippen LogP contribution in [-0.2, 0) is 6.42 Å². The molecular formula is C12H11N3O5. The molecule has 0 aliphatic carbocycles. The number of aromatic nitrogens is 2. The van der Waals surface area contributed by atoms with Crippen LogP contribution in [-0.4, -0.2) is 19.6 Å². The number of nitro groups is 1. The van der Waals surface area contributed by atoms with Crippen LogP contribution in [0.25, 0.3) is 5.69 Å². The summed E-state index contributed by atoms with van der Waals surface area (Å²) in [5, 5.41) is 20.7. The van der Waals surface area contributed by atoms with Gasteiger partial charge in [0, 0.05) is 12.1 Å². The van der Waals surface area contributed by atoms with Crippen molar-refractivity contribution in [3.05, 3.63) is 60.8 Å². The average Bonchev–Trinajstić information content (AvgIpc) is 2.39. The number of nitro benzene ring substituents is 1. The molecule has 0 atom stereocenters. The maximum atomic E-state index is 11.8. The second-order valence-corrected chi connectivity index (χ2v) is 4.03. The lowest BCUT2D eigenvalue weighted by molar-refractivity contribution is -0.384. The molecule has 0 aliphatic heterocycles. The van der Waals surface area contributed by atoms with Crippen LogP contribution in [0.1, 0.15) is 12.5 Å². The molecule has 2 N–H and O–H groups in total. The van der Waals surface area contributed by atoms with Gasteiger partial charge in [0.2, 0.25) is 5.88 Å². The standard InChI is InChI=1S/C12H11N3O5/c1-2-9-10(16)13-12(18)14(11(9)17)7-4-3-5-8(6-7)15(19)20/h3-6,17H,2H2,1H3,(H,13,16,18). The molecule has 2 rings (SSSR count). The van der Waals surface area contributed by atoms with Gasteiger partial charge in [-0.25, -0.2) is 9.36 Å². The van der Waals surface area contributed by atoms with Crippen molar-refractivity contribution in [1.82, 2.24) is 9.55 Å². The Labute approximate surface area is 112 Å². The number of H-pyrrole nitrogens is 1. The number of non-ortho nitro benzene ring substituents is 1. The maximum absolute atomic E-state index is 11.8. The highest BCUT2D eigenvalue weighted by atomic mass is 16.6. The fourth-order valence-electron chi connectivity index (χ4n) is 1.87. The molecule has 0 fully saturated rings. The molecule has 20 heavy (non-hydrogen) atoms. The van der Waals surface area contributed by atoms with Crippen molar-refractivity contribution in [2.24, 2.45) is 0 Å². The van der Waals surface area contributed by atoms with Crippen molar-refractivity contribution >= 4 is 5.69 Å². The van der Waals surface area contributed by atoms with Gasteiger partial charge in [0.15, 0.2) is 0 Å². The second-order valence-electron chi connectivity index (χ2n) is 4.03. The summed E-state index contributed by atoms with van der Waals surface area (Å²) < 4.78 is 0.827. The molecule has 0 amide bonds. The van der Waals surface area contributed by atoms with E-state index in [1.165, 1.54) is 18.2 Å². The summed E-state index contributed by atoms with van der Waals surface area (Å²) >= 11 is 0. The van der Waals surface area contributed by atoms with Crippen LogP contribution in [0.3, 0.4) is 0 Å². The molecule has 8 heteroatoms. The summed E-state index contributed by atoms with van der Waals surface area (Å²) in [6, 6.07) is 5.21. The van der Waals surface area contributed by atoms with Crippen LogP contribution in [0.2, 0.25) is 0 Å². The van der Waals surface area contributed by atoms with Crippen molar-refractivity contribution in [3.63, 3.8) is 0 Å². The molecule has 0 bridgehead atoms. The predicted octanol–water partition coefficient (Wildman–Crippen LogP) is 0.702. The van der Waals surface area contributed by atoms with E-state index in [1.54, 1.807) is 6.92 Å². The Kier molecular flexibility index (Phi) is 3.38. The largest absolute Gasteiger partial charge is 0.494 e. The number of hydrogen-bond donors (Lipinski definition) is 2. The molecule has 0 radical (unpaired) electrons. The van der Waals surface area contributed by atoms with Gasteiger partial charge in [-0.05, 0) is 12.5 Å². The molecule has 0 unspecified atom stereocenters. The molecule has 1 aromatic carbocycles. The van der Waals surface area contributed by atoms with E-state index in [0.29, 0.717) is 0 Å². The van der Waals surface area contributed by atoms with Gasteiger partial charge in [-0.2, -0.15) is 0 Å².